The van der Waals surface area contributed by atoms with E-state index in [-0.39, 0.29) is 11.4 Å². The molecule has 0 aliphatic rings. The number of para-hydroxylation sites is 2. The molecule has 0 unspecified atom stereocenters. The summed E-state index contributed by atoms with van der Waals surface area (Å²) in [6.45, 7) is 0. The predicted molar refractivity (Wildman–Crippen MR) is 89.4 cm³/mol. The molecule has 5 nitrogen and oxygen atoms in total. The van der Waals surface area contributed by atoms with Gasteiger partial charge in [0.1, 0.15) is 11.3 Å². The van der Waals surface area contributed by atoms with Gasteiger partial charge in [0, 0.05) is 9.86 Å². The second-order valence-corrected chi connectivity index (χ2v) is 5.92. The molecule has 112 valence electrons. The molecule has 23 heavy (non-hydrogen) atoms. The van der Waals surface area contributed by atoms with Gasteiger partial charge in [0.05, 0.1) is 11.0 Å². The number of aromatic nitrogens is 2. The Hall–Kier alpha value is -2.73. The molecule has 2 heterocycles. The highest BCUT2D eigenvalue weighted by Gasteiger charge is 2.20. The smallest absolute Gasteiger partial charge is 0.356 e. The molecule has 2 aromatic carbocycles. The predicted octanol–water partition coefficient (Wildman–Crippen LogP) is 4.50. The highest BCUT2D eigenvalue weighted by Crippen LogP contribution is 2.31. The van der Waals surface area contributed by atoms with Crippen molar-refractivity contribution >= 4 is 43.9 Å². The molecule has 0 fully saturated rings. The van der Waals surface area contributed by atoms with Crippen LogP contribution in [0.1, 0.15) is 10.5 Å². The molecule has 4 aromatic rings. The number of hydrogen-bond donors (Lipinski definition) is 1. The Morgan fingerprint density at radius 2 is 1.78 bits per heavy atom. The van der Waals surface area contributed by atoms with Gasteiger partial charge in [0.2, 0.25) is 0 Å². The average molecular weight is 369 g/mol. The molecular weight excluding hydrogens is 360 g/mol. The number of carboxylic acid groups (broad SMARTS) is 1. The highest BCUT2D eigenvalue weighted by atomic mass is 79.9. The fraction of sp³-hybridized carbons (Fsp3) is 0. The van der Waals surface area contributed by atoms with Gasteiger partial charge in [-0.25, -0.2) is 14.8 Å². The van der Waals surface area contributed by atoms with Gasteiger partial charge in [-0.15, -0.1) is 0 Å². The van der Waals surface area contributed by atoms with E-state index in [1.165, 1.54) is 0 Å². The first-order valence-electron chi connectivity index (χ1n) is 6.81. The van der Waals surface area contributed by atoms with Crippen LogP contribution in [0.2, 0.25) is 0 Å². The van der Waals surface area contributed by atoms with E-state index in [1.807, 2.05) is 24.3 Å². The number of fused-ring (bicyclic) bond motifs is 2. The molecule has 0 atom stereocenters. The highest BCUT2D eigenvalue weighted by molar-refractivity contribution is 9.10. The van der Waals surface area contributed by atoms with Crippen LogP contribution in [0, 0.1) is 0 Å². The third-order valence-corrected chi connectivity index (χ3v) is 3.98. The van der Waals surface area contributed by atoms with Gasteiger partial charge in [-0.3, -0.25) is 0 Å². The number of halogens is 1. The first-order chi connectivity index (χ1) is 11.1. The van der Waals surface area contributed by atoms with Crippen molar-refractivity contribution in [2.75, 3.05) is 0 Å². The maximum Gasteiger partial charge on any atom is 0.356 e. The van der Waals surface area contributed by atoms with E-state index in [0.717, 1.165) is 9.86 Å². The van der Waals surface area contributed by atoms with Crippen LogP contribution in [-0.4, -0.2) is 21.0 Å². The summed E-state index contributed by atoms with van der Waals surface area (Å²) in [5, 5.41) is 10.3. The average Bonchev–Trinajstić information content (AvgIpc) is 2.96. The Labute approximate surface area is 138 Å². The summed E-state index contributed by atoms with van der Waals surface area (Å²) in [4.78, 5) is 20.2. The van der Waals surface area contributed by atoms with Crippen LogP contribution in [0.4, 0.5) is 0 Å². The Morgan fingerprint density at radius 3 is 2.52 bits per heavy atom. The second-order valence-electron chi connectivity index (χ2n) is 5.01. The maximum atomic E-state index is 11.6. The lowest BCUT2D eigenvalue weighted by Gasteiger charge is -2.04. The minimum atomic E-state index is -1.14. The van der Waals surface area contributed by atoms with Crippen LogP contribution in [0.5, 0.6) is 0 Å². The van der Waals surface area contributed by atoms with Crippen molar-refractivity contribution in [3.63, 3.8) is 0 Å². The van der Waals surface area contributed by atoms with Gasteiger partial charge in [-0.2, -0.15) is 0 Å². The van der Waals surface area contributed by atoms with Crippen LogP contribution in [-0.2, 0) is 0 Å². The summed E-state index contributed by atoms with van der Waals surface area (Å²) in [6.07, 6.45) is 0. The molecule has 0 saturated carbocycles. The van der Waals surface area contributed by atoms with Gasteiger partial charge in [-0.05, 0) is 36.4 Å². The first-order valence-corrected chi connectivity index (χ1v) is 7.61. The molecule has 1 N–H and O–H groups in total. The number of nitrogens with zero attached hydrogens (tertiary/aromatic N) is 2. The molecule has 4 rings (SSSR count). The van der Waals surface area contributed by atoms with E-state index in [1.54, 1.807) is 24.3 Å². The monoisotopic (exact) mass is 368 g/mol. The molecule has 2 aromatic heterocycles. The molecule has 0 radical (unpaired) electrons. The van der Waals surface area contributed by atoms with Gasteiger partial charge in [-0.1, -0.05) is 28.1 Å². The molecule has 0 saturated heterocycles. The van der Waals surface area contributed by atoms with Crippen molar-refractivity contribution in [2.45, 2.75) is 0 Å². The summed E-state index contributed by atoms with van der Waals surface area (Å²) in [5.41, 5.74) is 1.91. The number of carboxylic acids is 1. The minimum Gasteiger partial charge on any atom is -0.476 e. The number of rotatable bonds is 2. The fourth-order valence-corrected chi connectivity index (χ4v) is 2.78. The maximum absolute atomic E-state index is 11.6. The molecule has 0 aliphatic carbocycles. The van der Waals surface area contributed by atoms with Gasteiger partial charge >= 0.3 is 5.97 Å². The summed E-state index contributed by atoms with van der Waals surface area (Å²) < 4.78 is 6.66. The third kappa shape index (κ3) is 2.37. The topological polar surface area (TPSA) is 76.2 Å². The van der Waals surface area contributed by atoms with E-state index in [9.17, 15) is 9.90 Å². The van der Waals surface area contributed by atoms with Crippen LogP contribution in [0.3, 0.4) is 0 Å². The van der Waals surface area contributed by atoms with Gasteiger partial charge in [0.25, 0.3) is 0 Å². The van der Waals surface area contributed by atoms with Crippen LogP contribution >= 0.6 is 15.9 Å². The Kier molecular flexibility index (Phi) is 3.12. The third-order valence-electron chi connectivity index (χ3n) is 3.49. The van der Waals surface area contributed by atoms with E-state index >= 15 is 0 Å². The summed E-state index contributed by atoms with van der Waals surface area (Å²) >= 11 is 3.39. The number of hydrogen-bond acceptors (Lipinski definition) is 4. The van der Waals surface area contributed by atoms with Gasteiger partial charge in [0.15, 0.2) is 11.5 Å². The number of benzene rings is 2. The van der Waals surface area contributed by atoms with Crippen molar-refractivity contribution in [2.24, 2.45) is 0 Å². The van der Waals surface area contributed by atoms with E-state index in [0.29, 0.717) is 22.4 Å². The zero-order valence-corrected chi connectivity index (χ0v) is 13.2. The summed E-state index contributed by atoms with van der Waals surface area (Å²) in [7, 11) is 0. The Bertz CT molecular complexity index is 1070. The Morgan fingerprint density at radius 1 is 1.04 bits per heavy atom. The molecular formula is C17H9BrN2O3. The van der Waals surface area contributed by atoms with Crippen LogP contribution < -0.4 is 0 Å². The lowest BCUT2D eigenvalue weighted by molar-refractivity contribution is 0.0691. The quantitative estimate of drug-likeness (QED) is 0.563. The first kappa shape index (κ1) is 13.9. The van der Waals surface area contributed by atoms with Crippen LogP contribution in [0.15, 0.2) is 57.4 Å². The Balaban J connectivity index is 2.01. The van der Waals surface area contributed by atoms with E-state index in [2.05, 4.69) is 25.9 Å². The SMILES string of the molecule is O=C(O)c1nc2ccccc2nc1-c1cc2ccc(Br)cc2o1. The minimum absolute atomic E-state index is 0.123. The molecule has 6 heteroatoms. The molecule has 0 spiro atoms. The normalized spacial score (nSPS) is 11.2. The van der Waals surface area contributed by atoms with E-state index in [4.69, 9.17) is 4.42 Å². The van der Waals surface area contributed by atoms with Crippen molar-refractivity contribution in [1.82, 2.24) is 9.97 Å². The largest absolute Gasteiger partial charge is 0.476 e. The molecule has 0 amide bonds. The van der Waals surface area contributed by atoms with Crippen molar-refractivity contribution in [3.8, 4) is 11.5 Å². The summed E-state index contributed by atoms with van der Waals surface area (Å²) in [5.74, 6) is -0.756. The lowest BCUT2D eigenvalue weighted by Crippen LogP contribution is -2.05. The van der Waals surface area contributed by atoms with Gasteiger partial charge < -0.3 is 9.52 Å². The summed E-state index contributed by atoms with van der Waals surface area (Å²) in [6, 6.07) is 14.5. The van der Waals surface area contributed by atoms with Crippen molar-refractivity contribution in [1.29, 1.82) is 0 Å². The zero-order chi connectivity index (χ0) is 16.0. The molecule has 0 aliphatic heterocycles. The van der Waals surface area contributed by atoms with Crippen LogP contribution in [0.25, 0.3) is 33.5 Å². The lowest BCUT2D eigenvalue weighted by atomic mass is 10.2. The standard InChI is InChI=1S/C17H9BrN2O3/c18-10-6-5-9-7-14(23-13(9)8-10)15-16(17(21)22)20-12-4-2-1-3-11(12)19-15/h1-8H,(H,21,22). The zero-order valence-electron chi connectivity index (χ0n) is 11.7. The second kappa shape index (κ2) is 5.17. The number of carbonyl (C=O) groups is 1. The van der Waals surface area contributed by atoms with Crippen molar-refractivity contribution < 1.29 is 14.3 Å². The molecule has 0 bridgehead atoms. The van der Waals surface area contributed by atoms with E-state index < -0.39 is 5.97 Å². The number of aromatic carboxylic acids is 1. The fourth-order valence-electron chi connectivity index (χ4n) is 2.44. The number of furan rings is 1. The van der Waals surface area contributed by atoms with Crippen molar-refractivity contribution in [3.05, 3.63) is 58.7 Å².